The maximum Gasteiger partial charge on any atom is 0.323 e. The highest BCUT2D eigenvalue weighted by molar-refractivity contribution is 5.94. The van der Waals surface area contributed by atoms with Crippen molar-refractivity contribution < 1.29 is 19.4 Å². The summed E-state index contributed by atoms with van der Waals surface area (Å²) in [6.45, 7) is 3.53. The van der Waals surface area contributed by atoms with Gasteiger partial charge < -0.3 is 14.7 Å². The summed E-state index contributed by atoms with van der Waals surface area (Å²) in [6.07, 6.45) is -0.0673. The highest BCUT2D eigenvalue weighted by atomic mass is 16.5. The molecule has 0 atom stereocenters. The Morgan fingerprint density at radius 1 is 1.12 bits per heavy atom. The van der Waals surface area contributed by atoms with E-state index in [9.17, 15) is 9.59 Å². The standard InChI is InChI=1S/C18H20N2O4/c1-13(2)24-16-10-6-9-15(19-16)18(23)20(12-17(21)22)11-14-7-4-3-5-8-14/h3-10,13H,11-12H2,1-2H3,(H,21,22). The minimum absolute atomic E-state index is 0.0673. The Bertz CT molecular complexity index is 701. The van der Waals surface area contributed by atoms with E-state index in [1.165, 1.54) is 4.90 Å². The molecule has 1 heterocycles. The molecular formula is C18H20N2O4. The SMILES string of the molecule is CC(C)Oc1cccc(C(=O)N(CC(=O)O)Cc2ccccc2)n1. The number of amides is 1. The number of carbonyl (C=O) groups excluding carboxylic acids is 1. The second-order valence-corrected chi connectivity index (χ2v) is 5.57. The number of aliphatic carboxylic acids is 1. The number of benzene rings is 1. The minimum Gasteiger partial charge on any atom is -0.480 e. The number of carbonyl (C=O) groups is 2. The lowest BCUT2D eigenvalue weighted by molar-refractivity contribution is -0.137. The summed E-state index contributed by atoms with van der Waals surface area (Å²) in [4.78, 5) is 29.2. The van der Waals surface area contributed by atoms with Crippen molar-refractivity contribution in [3.05, 3.63) is 59.8 Å². The topological polar surface area (TPSA) is 79.7 Å². The molecule has 0 aliphatic carbocycles. The summed E-state index contributed by atoms with van der Waals surface area (Å²) >= 11 is 0. The number of hydrogen-bond acceptors (Lipinski definition) is 4. The molecule has 6 nitrogen and oxygen atoms in total. The zero-order valence-electron chi connectivity index (χ0n) is 13.7. The monoisotopic (exact) mass is 328 g/mol. The fraction of sp³-hybridized carbons (Fsp3) is 0.278. The maximum atomic E-state index is 12.7. The number of carboxylic acids is 1. The van der Waals surface area contributed by atoms with Gasteiger partial charge in [0.15, 0.2) is 0 Å². The summed E-state index contributed by atoms with van der Waals surface area (Å²) in [5, 5.41) is 9.09. The molecule has 0 fully saturated rings. The van der Waals surface area contributed by atoms with E-state index in [0.29, 0.717) is 5.88 Å². The summed E-state index contributed by atoms with van der Waals surface area (Å²) in [6, 6.07) is 14.1. The van der Waals surface area contributed by atoms with Crippen LogP contribution in [0.25, 0.3) is 0 Å². The summed E-state index contributed by atoms with van der Waals surface area (Å²) < 4.78 is 5.49. The van der Waals surface area contributed by atoms with Crippen LogP contribution < -0.4 is 4.74 Å². The molecule has 0 radical (unpaired) electrons. The Hall–Kier alpha value is -2.89. The highest BCUT2D eigenvalue weighted by Gasteiger charge is 2.20. The van der Waals surface area contributed by atoms with Gasteiger partial charge in [-0.25, -0.2) is 4.98 Å². The Kier molecular flexibility index (Phi) is 5.89. The third-order valence-electron chi connectivity index (χ3n) is 3.13. The smallest absolute Gasteiger partial charge is 0.323 e. The van der Waals surface area contributed by atoms with E-state index in [2.05, 4.69) is 4.98 Å². The number of carboxylic acid groups (broad SMARTS) is 1. The van der Waals surface area contributed by atoms with E-state index in [1.807, 2.05) is 44.2 Å². The van der Waals surface area contributed by atoms with Gasteiger partial charge in [0.25, 0.3) is 5.91 Å². The first kappa shape index (κ1) is 17.5. The van der Waals surface area contributed by atoms with Crippen molar-refractivity contribution in [3.8, 4) is 5.88 Å². The molecule has 1 amide bonds. The number of hydrogen-bond donors (Lipinski definition) is 1. The fourth-order valence-electron chi connectivity index (χ4n) is 2.17. The summed E-state index contributed by atoms with van der Waals surface area (Å²) in [7, 11) is 0. The number of ether oxygens (including phenoxy) is 1. The first-order valence-corrected chi connectivity index (χ1v) is 7.64. The molecule has 0 saturated carbocycles. The largest absolute Gasteiger partial charge is 0.480 e. The molecular weight excluding hydrogens is 308 g/mol. The number of nitrogens with zero attached hydrogens (tertiary/aromatic N) is 2. The Morgan fingerprint density at radius 2 is 1.83 bits per heavy atom. The number of pyridine rings is 1. The molecule has 2 aromatic rings. The van der Waals surface area contributed by atoms with E-state index in [-0.39, 0.29) is 18.3 Å². The minimum atomic E-state index is -1.08. The van der Waals surface area contributed by atoms with Gasteiger partial charge in [0.05, 0.1) is 6.10 Å². The van der Waals surface area contributed by atoms with E-state index < -0.39 is 18.4 Å². The molecule has 1 aromatic carbocycles. The van der Waals surface area contributed by atoms with E-state index in [0.717, 1.165) is 5.56 Å². The van der Waals surface area contributed by atoms with Crippen molar-refractivity contribution in [2.75, 3.05) is 6.54 Å². The van der Waals surface area contributed by atoms with Crippen LogP contribution in [0.1, 0.15) is 29.9 Å². The maximum absolute atomic E-state index is 12.7. The molecule has 0 bridgehead atoms. The van der Waals surface area contributed by atoms with E-state index in [1.54, 1.807) is 18.2 Å². The Morgan fingerprint density at radius 3 is 2.46 bits per heavy atom. The Balaban J connectivity index is 2.22. The second-order valence-electron chi connectivity index (χ2n) is 5.57. The van der Waals surface area contributed by atoms with Crippen LogP contribution >= 0.6 is 0 Å². The van der Waals surface area contributed by atoms with Crippen LogP contribution in [0.15, 0.2) is 48.5 Å². The van der Waals surface area contributed by atoms with E-state index >= 15 is 0 Å². The third kappa shape index (κ3) is 5.08. The number of aromatic nitrogens is 1. The van der Waals surface area contributed by atoms with E-state index in [4.69, 9.17) is 9.84 Å². The molecule has 126 valence electrons. The van der Waals surface area contributed by atoms with Crippen LogP contribution in [0.5, 0.6) is 5.88 Å². The second kappa shape index (κ2) is 8.10. The van der Waals surface area contributed by atoms with Crippen molar-refractivity contribution in [1.29, 1.82) is 0 Å². The molecule has 0 aliphatic heterocycles. The Labute approximate surface area is 140 Å². The zero-order valence-corrected chi connectivity index (χ0v) is 13.7. The summed E-state index contributed by atoms with van der Waals surface area (Å²) in [5.74, 6) is -1.19. The quantitative estimate of drug-likeness (QED) is 0.845. The van der Waals surface area contributed by atoms with Gasteiger partial charge in [-0.05, 0) is 25.5 Å². The molecule has 24 heavy (non-hydrogen) atoms. The summed E-state index contributed by atoms with van der Waals surface area (Å²) in [5.41, 5.74) is 1.01. The van der Waals surface area contributed by atoms with Gasteiger partial charge >= 0.3 is 5.97 Å². The predicted octanol–water partition coefficient (Wildman–Crippen LogP) is 2.60. The van der Waals surface area contributed by atoms with Gasteiger partial charge in [0.2, 0.25) is 5.88 Å². The van der Waals surface area contributed by atoms with Crippen LogP contribution in [0.3, 0.4) is 0 Å². The van der Waals surface area contributed by atoms with Crippen molar-refractivity contribution in [1.82, 2.24) is 9.88 Å². The van der Waals surface area contributed by atoms with Gasteiger partial charge in [-0.2, -0.15) is 0 Å². The first-order chi connectivity index (χ1) is 11.5. The molecule has 1 aromatic heterocycles. The fourth-order valence-corrected chi connectivity index (χ4v) is 2.17. The van der Waals surface area contributed by atoms with Crippen LogP contribution in [0.2, 0.25) is 0 Å². The van der Waals surface area contributed by atoms with Crippen molar-refractivity contribution >= 4 is 11.9 Å². The van der Waals surface area contributed by atoms with Gasteiger partial charge in [-0.3, -0.25) is 9.59 Å². The lowest BCUT2D eigenvalue weighted by Crippen LogP contribution is -2.35. The van der Waals surface area contributed by atoms with Crippen molar-refractivity contribution in [2.45, 2.75) is 26.5 Å². The van der Waals surface area contributed by atoms with Crippen LogP contribution in [-0.4, -0.2) is 39.5 Å². The average molecular weight is 328 g/mol. The lowest BCUT2D eigenvalue weighted by atomic mass is 10.2. The van der Waals surface area contributed by atoms with Gasteiger partial charge in [0, 0.05) is 12.6 Å². The first-order valence-electron chi connectivity index (χ1n) is 7.64. The van der Waals surface area contributed by atoms with Gasteiger partial charge in [-0.15, -0.1) is 0 Å². The van der Waals surface area contributed by atoms with Gasteiger partial charge in [0.1, 0.15) is 12.2 Å². The molecule has 0 unspecified atom stereocenters. The highest BCUT2D eigenvalue weighted by Crippen LogP contribution is 2.13. The molecule has 2 rings (SSSR count). The molecule has 0 spiro atoms. The molecule has 6 heteroatoms. The van der Waals surface area contributed by atoms with Crippen molar-refractivity contribution in [2.24, 2.45) is 0 Å². The lowest BCUT2D eigenvalue weighted by Gasteiger charge is -2.20. The van der Waals surface area contributed by atoms with Crippen LogP contribution in [-0.2, 0) is 11.3 Å². The van der Waals surface area contributed by atoms with Gasteiger partial charge in [-0.1, -0.05) is 36.4 Å². The number of rotatable bonds is 7. The third-order valence-corrected chi connectivity index (χ3v) is 3.13. The molecule has 0 saturated heterocycles. The molecule has 1 N–H and O–H groups in total. The van der Waals surface area contributed by atoms with Crippen LogP contribution in [0.4, 0.5) is 0 Å². The van der Waals surface area contributed by atoms with Crippen LogP contribution in [0, 0.1) is 0 Å². The predicted molar refractivity (Wildman–Crippen MR) is 88.8 cm³/mol. The zero-order chi connectivity index (χ0) is 17.5. The normalized spacial score (nSPS) is 10.5. The average Bonchev–Trinajstić information content (AvgIpc) is 2.54. The molecule has 0 aliphatic rings. The van der Waals surface area contributed by atoms with Crippen molar-refractivity contribution in [3.63, 3.8) is 0 Å².